The predicted molar refractivity (Wildman–Crippen MR) is 50.5 cm³/mol. The summed E-state index contributed by atoms with van der Waals surface area (Å²) in [6.45, 7) is 2.47. The molecule has 0 amide bonds. The van der Waals surface area contributed by atoms with Gasteiger partial charge in [-0.1, -0.05) is 12.2 Å². The van der Waals surface area contributed by atoms with Gasteiger partial charge in [0, 0.05) is 6.54 Å². The molecule has 5 nitrogen and oxygen atoms in total. The maximum absolute atomic E-state index is 10.7. The van der Waals surface area contributed by atoms with E-state index in [-0.39, 0.29) is 5.56 Å². The van der Waals surface area contributed by atoms with Gasteiger partial charge in [0.15, 0.2) is 5.82 Å². The van der Waals surface area contributed by atoms with E-state index in [1.807, 2.05) is 6.92 Å². The molecule has 0 saturated carbocycles. The highest BCUT2D eigenvalue weighted by Crippen LogP contribution is 2.09. The number of nitrogens with zero attached hydrogens (tertiary/aromatic N) is 1. The minimum atomic E-state index is -1.04. The lowest BCUT2D eigenvalue weighted by atomic mass is 10.3. The monoisotopic (exact) mass is 199 g/mol. The third kappa shape index (κ3) is 2.25. The molecule has 1 aromatic rings. The summed E-state index contributed by atoms with van der Waals surface area (Å²) >= 11 is 4.75. The van der Waals surface area contributed by atoms with Gasteiger partial charge in [-0.15, -0.1) is 0 Å². The van der Waals surface area contributed by atoms with Crippen LogP contribution in [-0.2, 0) is 0 Å². The summed E-state index contributed by atoms with van der Waals surface area (Å²) in [5.41, 5.74) is 0.0885. The molecule has 0 aliphatic rings. The van der Waals surface area contributed by atoms with E-state index in [9.17, 15) is 4.79 Å². The van der Waals surface area contributed by atoms with Gasteiger partial charge in [0.2, 0.25) is 0 Å². The zero-order valence-electron chi connectivity index (χ0n) is 7.00. The fraction of sp³-hybridized carbons (Fsp3) is 0.286. The van der Waals surface area contributed by atoms with Crippen LogP contribution in [0.4, 0.5) is 5.82 Å². The Morgan fingerprint density at radius 3 is 3.08 bits per heavy atom. The number of aromatic amines is 1. The van der Waals surface area contributed by atoms with E-state index in [0.717, 1.165) is 0 Å². The Morgan fingerprint density at radius 1 is 1.85 bits per heavy atom. The van der Waals surface area contributed by atoms with Crippen molar-refractivity contribution in [2.24, 2.45) is 0 Å². The number of carbonyl (C=O) groups is 1. The number of rotatable bonds is 3. The van der Waals surface area contributed by atoms with Crippen LogP contribution < -0.4 is 5.32 Å². The number of aromatic carboxylic acids is 1. The van der Waals surface area contributed by atoms with E-state index in [2.05, 4.69) is 15.5 Å². The quantitative estimate of drug-likeness (QED) is 0.639. The molecule has 0 fully saturated rings. The van der Waals surface area contributed by atoms with Gasteiger partial charge in [0.25, 0.3) is 0 Å². The molecule has 0 saturated heterocycles. The summed E-state index contributed by atoms with van der Waals surface area (Å²) in [5, 5.41) is 17.9. The normalized spacial score (nSPS) is 9.62. The van der Waals surface area contributed by atoms with E-state index < -0.39 is 5.97 Å². The molecule has 0 aliphatic carbocycles. The number of hydrogen-bond acceptors (Lipinski definition) is 4. The number of nitrogens with one attached hydrogen (secondary N) is 2. The Bertz CT molecular complexity index is 374. The smallest absolute Gasteiger partial charge is 0.339 e. The molecule has 0 atom stereocenters. The average molecular weight is 199 g/mol. The lowest BCUT2D eigenvalue weighted by Crippen LogP contribution is -2.08. The van der Waals surface area contributed by atoms with Crippen molar-refractivity contribution in [3.8, 4) is 0 Å². The van der Waals surface area contributed by atoms with Crippen molar-refractivity contribution in [3.05, 3.63) is 16.3 Å². The van der Waals surface area contributed by atoms with Crippen molar-refractivity contribution >= 4 is 24.0 Å². The van der Waals surface area contributed by atoms with Crippen LogP contribution in [0.1, 0.15) is 17.3 Å². The summed E-state index contributed by atoms with van der Waals surface area (Å²) in [6.07, 6.45) is 0. The number of carboxylic acids is 1. The first-order chi connectivity index (χ1) is 6.15. The summed E-state index contributed by atoms with van der Waals surface area (Å²) in [5.74, 6) is -0.729. The highest BCUT2D eigenvalue weighted by molar-refractivity contribution is 7.71. The summed E-state index contributed by atoms with van der Waals surface area (Å²) in [6, 6.07) is 1.36. The van der Waals surface area contributed by atoms with Gasteiger partial charge in [-0.2, -0.15) is 5.10 Å². The average Bonchev–Trinajstić information content (AvgIpc) is 2.08. The van der Waals surface area contributed by atoms with Crippen LogP contribution in [-0.4, -0.2) is 27.8 Å². The van der Waals surface area contributed by atoms with E-state index in [1.54, 1.807) is 0 Å². The van der Waals surface area contributed by atoms with Crippen molar-refractivity contribution in [1.29, 1.82) is 0 Å². The molecule has 1 heterocycles. The van der Waals surface area contributed by atoms with Crippen molar-refractivity contribution in [2.75, 3.05) is 11.9 Å². The maximum atomic E-state index is 10.7. The number of carboxylic acid groups (broad SMARTS) is 1. The minimum Gasteiger partial charge on any atom is -0.478 e. The van der Waals surface area contributed by atoms with Crippen LogP contribution in [0.3, 0.4) is 0 Å². The van der Waals surface area contributed by atoms with E-state index in [1.165, 1.54) is 6.07 Å². The Kier molecular flexibility index (Phi) is 2.97. The second-order valence-corrected chi connectivity index (χ2v) is 2.77. The zero-order valence-corrected chi connectivity index (χ0v) is 7.81. The van der Waals surface area contributed by atoms with Crippen LogP contribution in [0.5, 0.6) is 0 Å². The Balaban J connectivity index is 3.18. The standard InChI is InChI=1S/C7H9N3O2S/c1-2-8-6-4(7(11)12)3-5(13)9-10-6/h3H,2H2,1H3,(H,8,10)(H,9,13)(H,11,12). The maximum Gasteiger partial charge on any atom is 0.339 e. The second-order valence-electron chi connectivity index (χ2n) is 2.33. The van der Waals surface area contributed by atoms with Crippen LogP contribution in [0, 0.1) is 4.64 Å². The topological polar surface area (TPSA) is 78.0 Å². The largest absolute Gasteiger partial charge is 0.478 e. The highest BCUT2D eigenvalue weighted by Gasteiger charge is 2.10. The van der Waals surface area contributed by atoms with Crippen LogP contribution in [0.15, 0.2) is 6.07 Å². The first kappa shape index (κ1) is 9.66. The van der Waals surface area contributed by atoms with Crippen molar-refractivity contribution in [1.82, 2.24) is 10.2 Å². The predicted octanol–water partition coefficient (Wildman–Crippen LogP) is 1.27. The fourth-order valence-electron chi connectivity index (χ4n) is 0.868. The molecule has 3 N–H and O–H groups in total. The number of hydrogen-bond donors (Lipinski definition) is 3. The van der Waals surface area contributed by atoms with Gasteiger partial charge in [0.1, 0.15) is 10.2 Å². The van der Waals surface area contributed by atoms with Crippen molar-refractivity contribution < 1.29 is 9.90 Å². The van der Waals surface area contributed by atoms with Crippen LogP contribution >= 0.6 is 12.2 Å². The Labute approximate surface area is 79.8 Å². The molecule has 6 heteroatoms. The lowest BCUT2D eigenvalue weighted by Gasteiger charge is -2.04. The molecule has 0 aromatic carbocycles. The van der Waals surface area contributed by atoms with Gasteiger partial charge in [-0.25, -0.2) is 4.79 Å². The van der Waals surface area contributed by atoms with Gasteiger partial charge < -0.3 is 10.4 Å². The summed E-state index contributed by atoms with van der Waals surface area (Å²) in [7, 11) is 0. The number of anilines is 1. The first-order valence-electron chi connectivity index (χ1n) is 3.72. The van der Waals surface area contributed by atoms with Crippen molar-refractivity contribution in [2.45, 2.75) is 6.92 Å². The molecule has 0 bridgehead atoms. The molecule has 1 rings (SSSR count). The molecule has 1 aromatic heterocycles. The van der Waals surface area contributed by atoms with E-state index in [0.29, 0.717) is 17.0 Å². The third-order valence-electron chi connectivity index (χ3n) is 1.38. The molecular formula is C7H9N3O2S. The Hall–Kier alpha value is -1.43. The molecule has 0 radical (unpaired) electrons. The SMILES string of the molecule is CCNc1n[nH]c(=S)cc1C(=O)O. The third-order valence-corrected chi connectivity index (χ3v) is 1.59. The molecule has 70 valence electrons. The summed E-state index contributed by atoms with van der Waals surface area (Å²) in [4.78, 5) is 10.7. The fourth-order valence-corrected chi connectivity index (χ4v) is 1.03. The van der Waals surface area contributed by atoms with E-state index >= 15 is 0 Å². The van der Waals surface area contributed by atoms with Gasteiger partial charge in [0.05, 0.1) is 0 Å². The first-order valence-corrected chi connectivity index (χ1v) is 4.13. The van der Waals surface area contributed by atoms with Crippen LogP contribution in [0.25, 0.3) is 0 Å². The van der Waals surface area contributed by atoms with Crippen LogP contribution in [0.2, 0.25) is 0 Å². The molecule has 13 heavy (non-hydrogen) atoms. The van der Waals surface area contributed by atoms with Crippen molar-refractivity contribution in [3.63, 3.8) is 0 Å². The van der Waals surface area contributed by atoms with Gasteiger partial charge in [-0.05, 0) is 13.0 Å². The Morgan fingerprint density at radius 2 is 2.54 bits per heavy atom. The minimum absolute atomic E-state index is 0.0885. The number of aromatic nitrogens is 2. The molecule has 0 spiro atoms. The zero-order chi connectivity index (χ0) is 9.84. The second kappa shape index (κ2) is 3.99. The number of H-pyrrole nitrogens is 1. The van der Waals surface area contributed by atoms with Gasteiger partial charge >= 0.3 is 5.97 Å². The summed E-state index contributed by atoms with van der Waals surface area (Å²) < 4.78 is 0.305. The highest BCUT2D eigenvalue weighted by atomic mass is 32.1. The lowest BCUT2D eigenvalue weighted by molar-refractivity contribution is 0.0697. The molecule has 0 unspecified atom stereocenters. The molecule has 0 aliphatic heterocycles. The van der Waals surface area contributed by atoms with Gasteiger partial charge in [-0.3, -0.25) is 5.10 Å². The molecular weight excluding hydrogens is 190 g/mol. The van der Waals surface area contributed by atoms with E-state index in [4.69, 9.17) is 17.3 Å².